The summed E-state index contributed by atoms with van der Waals surface area (Å²) in [5.74, 6) is -1.17. The fourth-order valence-corrected chi connectivity index (χ4v) is 3.86. The van der Waals surface area contributed by atoms with Gasteiger partial charge in [-0.25, -0.2) is 13.6 Å². The average Bonchev–Trinajstić information content (AvgIpc) is 2.74. The van der Waals surface area contributed by atoms with Gasteiger partial charge in [-0.3, -0.25) is 0 Å². The van der Waals surface area contributed by atoms with E-state index in [0.717, 1.165) is 42.1 Å². The van der Waals surface area contributed by atoms with Crippen LogP contribution >= 0.6 is 0 Å². The van der Waals surface area contributed by atoms with Gasteiger partial charge >= 0.3 is 6.03 Å². The number of benzene rings is 3. The number of anilines is 1. The number of hydrogen-bond acceptors (Lipinski definition) is 2. The second-order valence-electron chi connectivity index (χ2n) is 7.65. The summed E-state index contributed by atoms with van der Waals surface area (Å²) in [7, 11) is 0. The largest absolute Gasteiger partial charge is 0.373 e. The monoisotopic (exact) mass is 410 g/mol. The summed E-state index contributed by atoms with van der Waals surface area (Å²) in [6, 6.07) is 17.4. The molecule has 4 rings (SSSR count). The van der Waals surface area contributed by atoms with Crippen molar-refractivity contribution in [3.05, 3.63) is 77.9 Å². The third-order valence-corrected chi connectivity index (χ3v) is 5.54. The Bertz CT molecular complexity index is 1010. The molecule has 3 aromatic rings. The predicted octanol–water partition coefficient (Wildman–Crippen LogP) is 5.77. The second-order valence-corrected chi connectivity index (χ2v) is 7.65. The van der Waals surface area contributed by atoms with Gasteiger partial charge in [0.05, 0.1) is 12.7 Å². The summed E-state index contributed by atoms with van der Waals surface area (Å²) in [6.07, 6.45) is 2.92. The van der Waals surface area contributed by atoms with Gasteiger partial charge in [0.15, 0.2) is 0 Å². The van der Waals surface area contributed by atoms with Gasteiger partial charge in [-0.2, -0.15) is 0 Å². The number of carbonyl (C=O) groups excluding carboxylic acids is 1. The Hall–Kier alpha value is -2.99. The minimum absolute atomic E-state index is 0.0347. The highest BCUT2D eigenvalue weighted by Gasteiger charge is 2.23. The number of carbonyl (C=O) groups is 1. The highest BCUT2D eigenvalue weighted by Crippen LogP contribution is 2.24. The predicted molar refractivity (Wildman–Crippen MR) is 113 cm³/mol. The summed E-state index contributed by atoms with van der Waals surface area (Å²) in [5, 5.41) is 8.08. The van der Waals surface area contributed by atoms with Crippen LogP contribution in [0.4, 0.5) is 19.3 Å². The third kappa shape index (κ3) is 4.94. The average molecular weight is 410 g/mol. The van der Waals surface area contributed by atoms with Crippen molar-refractivity contribution < 1.29 is 18.3 Å². The Kier molecular flexibility index (Phi) is 6.23. The van der Waals surface area contributed by atoms with E-state index in [4.69, 9.17) is 4.74 Å². The maximum Gasteiger partial charge on any atom is 0.319 e. The molecular formula is C24H24F2N2O2. The molecular weight excluding hydrogens is 386 g/mol. The lowest BCUT2D eigenvalue weighted by molar-refractivity contribution is 0.00964. The van der Waals surface area contributed by atoms with Crippen molar-refractivity contribution >= 4 is 22.5 Å². The zero-order valence-electron chi connectivity index (χ0n) is 16.5. The van der Waals surface area contributed by atoms with Gasteiger partial charge in [0.25, 0.3) is 0 Å². The van der Waals surface area contributed by atoms with Crippen molar-refractivity contribution in [3.63, 3.8) is 0 Å². The van der Waals surface area contributed by atoms with E-state index >= 15 is 0 Å². The molecule has 1 aliphatic carbocycles. The fraction of sp³-hybridized carbons (Fsp3) is 0.292. The van der Waals surface area contributed by atoms with E-state index in [1.807, 2.05) is 42.5 Å². The Morgan fingerprint density at radius 2 is 1.60 bits per heavy atom. The Morgan fingerprint density at radius 3 is 2.33 bits per heavy atom. The molecule has 0 unspecified atom stereocenters. The van der Waals surface area contributed by atoms with Gasteiger partial charge < -0.3 is 15.4 Å². The molecule has 3 aromatic carbocycles. The van der Waals surface area contributed by atoms with Crippen LogP contribution in [0.15, 0.2) is 60.7 Å². The quantitative estimate of drug-likeness (QED) is 0.561. The number of rotatable bonds is 5. The van der Waals surface area contributed by atoms with E-state index in [9.17, 15) is 13.6 Å². The summed E-state index contributed by atoms with van der Waals surface area (Å²) in [6.45, 7) is -0.0796. The van der Waals surface area contributed by atoms with Crippen molar-refractivity contribution in [1.29, 1.82) is 0 Å². The van der Waals surface area contributed by atoms with E-state index in [0.29, 0.717) is 0 Å². The fourth-order valence-electron chi connectivity index (χ4n) is 3.86. The molecule has 0 atom stereocenters. The second kappa shape index (κ2) is 9.22. The molecule has 0 aromatic heterocycles. The first-order chi connectivity index (χ1) is 14.6. The molecule has 2 N–H and O–H groups in total. The smallest absolute Gasteiger partial charge is 0.319 e. The highest BCUT2D eigenvalue weighted by atomic mass is 19.1. The molecule has 0 spiro atoms. The molecule has 0 heterocycles. The van der Waals surface area contributed by atoms with Gasteiger partial charge in [0.2, 0.25) is 0 Å². The number of halogens is 2. The van der Waals surface area contributed by atoms with Crippen LogP contribution in [0.2, 0.25) is 0 Å². The van der Waals surface area contributed by atoms with Gasteiger partial charge in [0.1, 0.15) is 11.6 Å². The van der Waals surface area contributed by atoms with Crippen LogP contribution in [0, 0.1) is 11.6 Å². The Labute approximate surface area is 174 Å². The van der Waals surface area contributed by atoms with Gasteiger partial charge in [-0.05, 0) is 60.7 Å². The van der Waals surface area contributed by atoms with Crippen molar-refractivity contribution in [2.75, 3.05) is 5.32 Å². The minimum atomic E-state index is -0.587. The maximum absolute atomic E-state index is 13.7. The lowest BCUT2D eigenvalue weighted by atomic mass is 9.93. The van der Waals surface area contributed by atoms with E-state index in [1.165, 1.54) is 18.2 Å². The molecule has 0 radical (unpaired) electrons. The van der Waals surface area contributed by atoms with Crippen LogP contribution < -0.4 is 10.6 Å². The lowest BCUT2D eigenvalue weighted by Gasteiger charge is -2.29. The molecule has 4 nitrogen and oxygen atoms in total. The molecule has 0 aliphatic heterocycles. The number of amides is 2. The zero-order valence-corrected chi connectivity index (χ0v) is 16.5. The van der Waals surface area contributed by atoms with E-state index in [-0.39, 0.29) is 30.3 Å². The van der Waals surface area contributed by atoms with E-state index in [1.54, 1.807) is 0 Å². The first kappa shape index (κ1) is 20.3. The molecule has 1 saturated carbocycles. The molecule has 0 saturated heterocycles. The van der Waals surface area contributed by atoms with E-state index < -0.39 is 11.6 Å². The van der Waals surface area contributed by atoms with Crippen LogP contribution in [0.5, 0.6) is 0 Å². The number of nitrogens with one attached hydrogen (secondary N) is 2. The standard InChI is InChI=1S/C24H24F2N2O2/c25-22-6-3-7-23(26)21(22)15-30-20-12-10-18(11-13-20)27-24(29)28-19-9-8-16-4-1-2-5-17(16)14-19/h1-9,14,18,20H,10-13,15H2,(H2,27,28,29). The SMILES string of the molecule is O=C(Nc1ccc2ccccc2c1)NC1CCC(OCc2c(F)cccc2F)CC1. The van der Waals surface area contributed by atoms with Gasteiger partial charge in [-0.15, -0.1) is 0 Å². The Morgan fingerprint density at radius 1 is 0.900 bits per heavy atom. The van der Waals surface area contributed by atoms with Crippen LogP contribution in [-0.2, 0) is 11.3 Å². The van der Waals surface area contributed by atoms with Crippen molar-refractivity contribution in [3.8, 4) is 0 Å². The van der Waals surface area contributed by atoms with Crippen LogP contribution in [0.25, 0.3) is 10.8 Å². The highest BCUT2D eigenvalue weighted by molar-refractivity contribution is 5.93. The zero-order chi connectivity index (χ0) is 20.9. The summed E-state index contributed by atoms with van der Waals surface area (Å²) < 4.78 is 33.1. The Balaban J connectivity index is 1.23. The van der Waals surface area contributed by atoms with Crippen LogP contribution in [0.1, 0.15) is 31.2 Å². The molecule has 156 valence electrons. The molecule has 6 heteroatoms. The molecule has 30 heavy (non-hydrogen) atoms. The maximum atomic E-state index is 13.7. The number of fused-ring (bicyclic) bond motifs is 1. The van der Waals surface area contributed by atoms with Gasteiger partial charge in [-0.1, -0.05) is 36.4 Å². The number of ether oxygens (including phenoxy) is 1. The summed E-state index contributed by atoms with van der Waals surface area (Å²) >= 11 is 0. The topological polar surface area (TPSA) is 50.4 Å². The van der Waals surface area contributed by atoms with Crippen LogP contribution in [0.3, 0.4) is 0 Å². The number of hydrogen-bond donors (Lipinski definition) is 2. The van der Waals surface area contributed by atoms with Crippen molar-refractivity contribution in [2.24, 2.45) is 0 Å². The van der Waals surface area contributed by atoms with Crippen molar-refractivity contribution in [1.82, 2.24) is 5.32 Å². The summed E-state index contributed by atoms with van der Waals surface area (Å²) in [4.78, 5) is 12.3. The normalized spacial score (nSPS) is 18.9. The first-order valence-electron chi connectivity index (χ1n) is 10.2. The molecule has 0 bridgehead atoms. The summed E-state index contributed by atoms with van der Waals surface area (Å²) in [5.41, 5.74) is 0.711. The first-order valence-corrected chi connectivity index (χ1v) is 10.2. The van der Waals surface area contributed by atoms with E-state index in [2.05, 4.69) is 10.6 Å². The van der Waals surface area contributed by atoms with Gasteiger partial charge in [0, 0.05) is 17.3 Å². The number of urea groups is 1. The minimum Gasteiger partial charge on any atom is -0.373 e. The molecule has 1 fully saturated rings. The van der Waals surface area contributed by atoms with Crippen molar-refractivity contribution in [2.45, 2.75) is 44.4 Å². The van der Waals surface area contributed by atoms with Crippen LogP contribution in [-0.4, -0.2) is 18.2 Å². The molecule has 1 aliphatic rings. The lowest BCUT2D eigenvalue weighted by Crippen LogP contribution is -2.41. The molecule has 2 amide bonds. The third-order valence-electron chi connectivity index (χ3n) is 5.54.